The lowest BCUT2D eigenvalue weighted by Gasteiger charge is -2.49. The highest BCUT2D eigenvalue weighted by atomic mass is 35.5. The first-order valence-electron chi connectivity index (χ1n) is 14.1. The number of hydrogen-bond donors (Lipinski definition) is 2. The summed E-state index contributed by atoms with van der Waals surface area (Å²) in [4.78, 5) is 22.9. The molecule has 7 rings (SSSR count). The van der Waals surface area contributed by atoms with Gasteiger partial charge in [0, 0.05) is 23.3 Å². The summed E-state index contributed by atoms with van der Waals surface area (Å²) < 4.78 is 28.6. The number of nitrogens with zero attached hydrogens (tertiary/aromatic N) is 3. The van der Waals surface area contributed by atoms with Crippen molar-refractivity contribution < 1.29 is 8.42 Å². The fourth-order valence-corrected chi connectivity index (χ4v) is 9.80. The Hall–Kier alpha value is -2.49. The number of nitrogens with one attached hydrogen (secondary N) is 2. The van der Waals surface area contributed by atoms with Crippen molar-refractivity contribution in [3.05, 3.63) is 51.4 Å². The van der Waals surface area contributed by atoms with Crippen LogP contribution < -0.4 is 16.2 Å². The number of fused-ring (bicyclic) bond motifs is 1. The van der Waals surface area contributed by atoms with Crippen molar-refractivity contribution in [2.45, 2.75) is 80.9 Å². The SMILES string of the molecule is Cc1cc(S(=O)(=O)C2CC3(CCNCC3)C2)ccc1Nc1ncc2cc(Cl)c(=O)n(C3CCCC34CC4)c2n1. The molecule has 39 heavy (non-hydrogen) atoms. The molecular weight excluding hydrogens is 534 g/mol. The Bertz CT molecular complexity index is 1630. The molecule has 206 valence electrons. The Kier molecular flexibility index (Phi) is 5.89. The number of benzene rings is 1. The molecule has 3 saturated carbocycles. The molecule has 1 unspecified atom stereocenters. The summed E-state index contributed by atoms with van der Waals surface area (Å²) in [6, 6.07) is 6.98. The van der Waals surface area contributed by atoms with Crippen LogP contribution in [-0.4, -0.2) is 41.3 Å². The molecule has 3 aromatic rings. The monoisotopic (exact) mass is 567 g/mol. The summed E-state index contributed by atoms with van der Waals surface area (Å²) in [5.41, 5.74) is 2.34. The van der Waals surface area contributed by atoms with E-state index in [-0.39, 0.29) is 32.7 Å². The van der Waals surface area contributed by atoms with Crippen molar-refractivity contribution in [2.75, 3.05) is 18.4 Å². The molecule has 8 nitrogen and oxygen atoms in total. The molecule has 1 atom stereocenters. The second-order valence-corrected chi connectivity index (χ2v) is 15.0. The van der Waals surface area contributed by atoms with E-state index in [1.54, 1.807) is 35.0 Å². The third-order valence-corrected chi connectivity index (χ3v) is 12.4. The molecule has 3 aliphatic carbocycles. The van der Waals surface area contributed by atoms with Gasteiger partial charge in [-0.15, -0.1) is 0 Å². The highest BCUT2D eigenvalue weighted by Gasteiger charge is 2.53. The van der Waals surface area contributed by atoms with Crippen LogP contribution in [0.25, 0.3) is 11.0 Å². The van der Waals surface area contributed by atoms with Gasteiger partial charge in [-0.1, -0.05) is 18.0 Å². The molecule has 4 fully saturated rings. The lowest BCUT2D eigenvalue weighted by atomic mass is 9.63. The zero-order valence-corrected chi connectivity index (χ0v) is 23.7. The van der Waals surface area contributed by atoms with Crippen molar-refractivity contribution in [3.63, 3.8) is 0 Å². The molecule has 0 amide bonds. The Labute approximate surface area is 233 Å². The summed E-state index contributed by atoms with van der Waals surface area (Å²) in [6.45, 7) is 3.85. The van der Waals surface area contributed by atoms with E-state index in [2.05, 4.69) is 15.6 Å². The zero-order valence-electron chi connectivity index (χ0n) is 22.2. The van der Waals surface area contributed by atoms with Gasteiger partial charge in [0.05, 0.1) is 10.1 Å². The second kappa shape index (κ2) is 9.01. The summed E-state index contributed by atoms with van der Waals surface area (Å²) in [5, 5.41) is 7.27. The van der Waals surface area contributed by atoms with Crippen molar-refractivity contribution in [3.8, 4) is 0 Å². The van der Waals surface area contributed by atoms with Gasteiger partial charge in [-0.25, -0.2) is 13.4 Å². The number of pyridine rings is 1. The van der Waals surface area contributed by atoms with Crippen molar-refractivity contribution in [2.24, 2.45) is 10.8 Å². The predicted molar refractivity (Wildman–Crippen MR) is 153 cm³/mol. The van der Waals surface area contributed by atoms with Gasteiger partial charge in [-0.3, -0.25) is 9.36 Å². The Morgan fingerprint density at radius 2 is 1.87 bits per heavy atom. The van der Waals surface area contributed by atoms with Gasteiger partial charge in [-0.05, 0) is 112 Å². The second-order valence-electron chi connectivity index (χ2n) is 12.3. The van der Waals surface area contributed by atoms with E-state index >= 15 is 0 Å². The molecular formula is C29H34ClN5O3S. The van der Waals surface area contributed by atoms with Gasteiger partial charge < -0.3 is 10.6 Å². The maximum absolute atomic E-state index is 13.4. The maximum Gasteiger partial charge on any atom is 0.271 e. The molecule has 1 aromatic carbocycles. The summed E-state index contributed by atoms with van der Waals surface area (Å²) in [7, 11) is -3.38. The molecule has 2 N–H and O–H groups in total. The van der Waals surface area contributed by atoms with Gasteiger partial charge in [0.25, 0.3) is 5.56 Å². The van der Waals surface area contributed by atoms with Crippen molar-refractivity contribution >= 4 is 44.1 Å². The van der Waals surface area contributed by atoms with Crippen LogP contribution in [0.5, 0.6) is 0 Å². The van der Waals surface area contributed by atoms with Gasteiger partial charge >= 0.3 is 0 Å². The maximum atomic E-state index is 13.4. The Morgan fingerprint density at radius 1 is 1.10 bits per heavy atom. The topological polar surface area (TPSA) is 106 Å². The number of sulfone groups is 1. The minimum absolute atomic E-state index is 0.107. The fourth-order valence-electron chi connectivity index (χ4n) is 7.46. The van der Waals surface area contributed by atoms with E-state index < -0.39 is 9.84 Å². The first-order chi connectivity index (χ1) is 18.7. The lowest BCUT2D eigenvalue weighted by molar-refractivity contribution is 0.0901. The molecule has 2 spiro atoms. The van der Waals surface area contributed by atoms with Crippen LogP contribution in [-0.2, 0) is 9.84 Å². The number of aromatic nitrogens is 3. The van der Waals surface area contributed by atoms with E-state index in [1.165, 1.54) is 0 Å². The Morgan fingerprint density at radius 3 is 2.59 bits per heavy atom. The van der Waals surface area contributed by atoms with Gasteiger partial charge in [0.2, 0.25) is 5.95 Å². The van der Waals surface area contributed by atoms with Gasteiger partial charge in [0.1, 0.15) is 10.7 Å². The molecule has 2 aromatic heterocycles. The quantitative estimate of drug-likeness (QED) is 0.430. The summed E-state index contributed by atoms with van der Waals surface area (Å²) >= 11 is 6.35. The van der Waals surface area contributed by atoms with E-state index in [1.807, 2.05) is 6.92 Å². The minimum atomic E-state index is -3.38. The first kappa shape index (κ1) is 25.5. The molecule has 3 heterocycles. The van der Waals surface area contributed by atoms with E-state index in [0.717, 1.165) is 87.5 Å². The highest BCUT2D eigenvalue weighted by molar-refractivity contribution is 7.92. The molecule has 1 aliphatic heterocycles. The average Bonchev–Trinajstić information content (AvgIpc) is 3.57. The van der Waals surface area contributed by atoms with Crippen LogP contribution >= 0.6 is 11.6 Å². The number of hydrogen-bond acceptors (Lipinski definition) is 7. The van der Waals surface area contributed by atoms with Crippen LogP contribution in [0.3, 0.4) is 0 Å². The van der Waals surface area contributed by atoms with E-state index in [4.69, 9.17) is 16.6 Å². The molecule has 0 bridgehead atoms. The number of anilines is 2. The van der Waals surface area contributed by atoms with Crippen LogP contribution in [0, 0.1) is 17.8 Å². The Balaban J connectivity index is 1.16. The van der Waals surface area contributed by atoms with Gasteiger partial charge in [0.15, 0.2) is 9.84 Å². The predicted octanol–water partition coefficient (Wildman–Crippen LogP) is 5.31. The number of rotatable bonds is 5. The summed E-state index contributed by atoms with van der Waals surface area (Å²) in [5.74, 6) is 0.367. The van der Waals surface area contributed by atoms with Gasteiger partial charge in [-0.2, -0.15) is 4.98 Å². The van der Waals surface area contributed by atoms with Crippen molar-refractivity contribution in [1.82, 2.24) is 19.9 Å². The van der Waals surface area contributed by atoms with E-state index in [0.29, 0.717) is 16.5 Å². The lowest BCUT2D eigenvalue weighted by Crippen LogP contribution is -2.50. The number of piperidine rings is 1. The normalized spacial score (nSPS) is 23.8. The minimum Gasteiger partial charge on any atom is -0.324 e. The first-order valence-corrected chi connectivity index (χ1v) is 16.0. The smallest absolute Gasteiger partial charge is 0.271 e. The van der Waals surface area contributed by atoms with E-state index in [9.17, 15) is 13.2 Å². The molecule has 10 heteroatoms. The highest BCUT2D eigenvalue weighted by Crippen LogP contribution is 2.63. The zero-order chi connectivity index (χ0) is 27.0. The number of halogens is 1. The van der Waals surface area contributed by atoms with Crippen LogP contribution in [0.2, 0.25) is 5.02 Å². The van der Waals surface area contributed by atoms with Crippen molar-refractivity contribution in [1.29, 1.82) is 0 Å². The summed E-state index contributed by atoms with van der Waals surface area (Å²) in [6.07, 6.45) is 10.8. The molecule has 4 aliphatic rings. The third-order valence-electron chi connectivity index (χ3n) is 9.99. The van der Waals surface area contributed by atoms with Crippen LogP contribution in [0.1, 0.15) is 69.4 Å². The van der Waals surface area contributed by atoms with Crippen LogP contribution in [0.4, 0.5) is 11.6 Å². The third kappa shape index (κ3) is 4.19. The molecule has 0 radical (unpaired) electrons. The number of aryl methyl sites for hydroxylation is 1. The average molecular weight is 568 g/mol. The fraction of sp³-hybridized carbons (Fsp3) is 0.552. The van der Waals surface area contributed by atoms with Crippen LogP contribution in [0.15, 0.2) is 40.2 Å². The molecule has 1 saturated heterocycles. The largest absolute Gasteiger partial charge is 0.324 e. The standard InChI is InChI=1S/C29H34ClN5O3S/c1-18-13-20(39(37,38)21-15-28(16-21)9-11-31-12-10-28)4-5-23(18)33-27-32-17-19-14-22(30)26(36)35(25(19)34-27)24-3-2-6-29(24)7-8-29/h4-5,13-14,17,21,24,31H,2-3,6-12,15-16H2,1H3,(H,32,33,34).